The van der Waals surface area contributed by atoms with E-state index in [2.05, 4.69) is 59.0 Å². The second-order valence-corrected chi connectivity index (χ2v) is 11.2. The Labute approximate surface area is 195 Å². The van der Waals surface area contributed by atoms with Gasteiger partial charge in [-0.05, 0) is 58.2 Å². The number of aromatic hydroxyl groups is 1. The topological polar surface area (TPSA) is 86.6 Å². The maximum Gasteiger partial charge on any atom is 0.337 e. The van der Waals surface area contributed by atoms with Crippen molar-refractivity contribution < 1.29 is 19.8 Å². The highest BCUT2D eigenvalue weighted by molar-refractivity contribution is 7.99. The number of phenols is 1. The lowest BCUT2D eigenvalue weighted by Gasteiger charge is -2.28. The molecule has 2 aromatic rings. The maximum absolute atomic E-state index is 12.2. The Kier molecular flexibility index (Phi) is 8.41. The second-order valence-electron chi connectivity index (χ2n) is 10.1. The number of amides is 1. The van der Waals surface area contributed by atoms with E-state index >= 15 is 0 Å². The van der Waals surface area contributed by atoms with Gasteiger partial charge in [0.15, 0.2) is 0 Å². The van der Waals surface area contributed by atoms with E-state index < -0.39 is 5.97 Å². The first-order valence-corrected chi connectivity index (χ1v) is 12.0. The third-order valence-electron chi connectivity index (χ3n) is 5.20. The Morgan fingerprint density at radius 2 is 1.53 bits per heavy atom. The molecule has 0 saturated heterocycles. The molecular formula is C26H35NO4S. The van der Waals surface area contributed by atoms with Crippen molar-refractivity contribution in [2.45, 2.75) is 65.2 Å². The minimum Gasteiger partial charge on any atom is -0.507 e. The predicted molar refractivity (Wildman–Crippen MR) is 133 cm³/mol. The van der Waals surface area contributed by atoms with Crippen LogP contribution in [-0.2, 0) is 22.0 Å². The number of carboxylic acid groups (broad SMARTS) is 1. The van der Waals surface area contributed by atoms with Gasteiger partial charge in [-0.15, -0.1) is 0 Å². The van der Waals surface area contributed by atoms with E-state index in [-0.39, 0.29) is 28.1 Å². The molecule has 0 atom stereocenters. The van der Waals surface area contributed by atoms with Gasteiger partial charge in [0.05, 0.1) is 17.0 Å². The predicted octanol–water partition coefficient (Wildman–Crippen LogP) is 5.99. The molecule has 1 amide bonds. The zero-order valence-corrected chi connectivity index (χ0v) is 20.7. The van der Waals surface area contributed by atoms with Crippen LogP contribution in [0.15, 0.2) is 36.4 Å². The van der Waals surface area contributed by atoms with Gasteiger partial charge in [0.1, 0.15) is 5.75 Å². The number of carboxylic acids is 1. The summed E-state index contributed by atoms with van der Waals surface area (Å²) < 4.78 is 0. The number of hydrogen-bond donors (Lipinski definition) is 3. The number of anilines is 1. The fraction of sp³-hybridized carbons (Fsp3) is 0.462. The summed E-state index contributed by atoms with van der Waals surface area (Å²) in [6, 6.07) is 10.6. The van der Waals surface area contributed by atoms with E-state index in [4.69, 9.17) is 0 Å². The number of nitrogens with one attached hydrogen (secondary N) is 1. The van der Waals surface area contributed by atoms with E-state index in [1.165, 1.54) is 23.4 Å². The SMILES string of the molecule is CC(C)(C)c1cc(CCCSCC(=O)Nc2ccccc2C(=O)O)cc(C(C)(C)C)c1O. The summed E-state index contributed by atoms with van der Waals surface area (Å²) in [7, 11) is 0. The first-order valence-electron chi connectivity index (χ1n) is 10.9. The molecule has 0 fully saturated rings. The quantitative estimate of drug-likeness (QED) is 0.424. The van der Waals surface area contributed by atoms with Gasteiger partial charge in [-0.1, -0.05) is 65.8 Å². The maximum atomic E-state index is 12.2. The number of thioether (sulfide) groups is 1. The van der Waals surface area contributed by atoms with Gasteiger partial charge in [0, 0.05) is 0 Å². The van der Waals surface area contributed by atoms with Gasteiger partial charge in [0.25, 0.3) is 0 Å². The van der Waals surface area contributed by atoms with Crippen LogP contribution in [0.2, 0.25) is 0 Å². The molecule has 3 N–H and O–H groups in total. The van der Waals surface area contributed by atoms with Gasteiger partial charge in [0.2, 0.25) is 5.91 Å². The third-order valence-corrected chi connectivity index (χ3v) is 6.25. The van der Waals surface area contributed by atoms with E-state index in [0.717, 1.165) is 29.7 Å². The summed E-state index contributed by atoms with van der Waals surface area (Å²) in [5, 5.41) is 22.7. The van der Waals surface area contributed by atoms with Gasteiger partial charge in [-0.2, -0.15) is 11.8 Å². The van der Waals surface area contributed by atoms with Crippen molar-refractivity contribution in [2.75, 3.05) is 16.8 Å². The molecule has 0 aromatic heterocycles. The number of benzene rings is 2. The zero-order valence-electron chi connectivity index (χ0n) is 19.9. The highest BCUT2D eigenvalue weighted by Crippen LogP contribution is 2.40. The summed E-state index contributed by atoms with van der Waals surface area (Å²) in [5.41, 5.74) is 3.21. The molecule has 0 aliphatic rings. The number of carbonyl (C=O) groups excluding carboxylic acids is 1. The lowest BCUT2D eigenvalue weighted by Crippen LogP contribution is -2.18. The van der Waals surface area contributed by atoms with Crippen LogP contribution >= 0.6 is 11.8 Å². The first kappa shape index (κ1) is 25.8. The second kappa shape index (κ2) is 10.4. The molecule has 0 unspecified atom stereocenters. The molecule has 32 heavy (non-hydrogen) atoms. The number of aromatic carboxylic acids is 1. The van der Waals surface area contributed by atoms with E-state index in [9.17, 15) is 19.8 Å². The first-order chi connectivity index (χ1) is 14.8. The van der Waals surface area contributed by atoms with E-state index in [1.54, 1.807) is 18.2 Å². The summed E-state index contributed by atoms with van der Waals surface area (Å²) >= 11 is 1.53. The minimum atomic E-state index is -1.06. The Bertz CT molecular complexity index is 936. The van der Waals surface area contributed by atoms with Crippen LogP contribution in [0.1, 0.15) is 75.0 Å². The normalized spacial score (nSPS) is 11.9. The fourth-order valence-electron chi connectivity index (χ4n) is 3.49. The van der Waals surface area contributed by atoms with Crippen LogP contribution in [-0.4, -0.2) is 33.6 Å². The molecular weight excluding hydrogens is 422 g/mol. The highest BCUT2D eigenvalue weighted by Gasteiger charge is 2.26. The summed E-state index contributed by atoms with van der Waals surface area (Å²) in [6.07, 6.45) is 1.77. The highest BCUT2D eigenvalue weighted by atomic mass is 32.2. The molecule has 0 radical (unpaired) electrons. The van der Waals surface area contributed by atoms with Crippen LogP contribution in [0, 0.1) is 0 Å². The van der Waals surface area contributed by atoms with Crippen LogP contribution in [0.3, 0.4) is 0 Å². The number of phenolic OH excluding ortho intramolecular Hbond substituents is 1. The molecule has 0 aliphatic heterocycles. The van der Waals surface area contributed by atoms with Crippen LogP contribution in [0.4, 0.5) is 5.69 Å². The molecule has 6 heteroatoms. The Morgan fingerprint density at radius 3 is 2.06 bits per heavy atom. The summed E-state index contributed by atoms with van der Waals surface area (Å²) in [4.78, 5) is 23.5. The Hall–Kier alpha value is -2.47. The van der Waals surface area contributed by atoms with Crippen molar-refractivity contribution in [2.24, 2.45) is 0 Å². The van der Waals surface area contributed by atoms with Crippen molar-refractivity contribution >= 4 is 29.3 Å². The van der Waals surface area contributed by atoms with Gasteiger partial charge >= 0.3 is 5.97 Å². The standard InChI is InChI=1S/C26H35NO4S/c1-25(2,3)19-14-17(15-20(23(19)29)26(4,5)6)10-9-13-32-16-22(28)27-21-12-8-7-11-18(21)24(30)31/h7-8,11-12,14-15,29H,9-10,13,16H2,1-6H3,(H,27,28)(H,30,31). The zero-order chi connectivity index (χ0) is 24.1. The lowest BCUT2D eigenvalue weighted by atomic mass is 9.78. The smallest absolute Gasteiger partial charge is 0.337 e. The number of carbonyl (C=O) groups is 2. The average Bonchev–Trinajstić information content (AvgIpc) is 2.67. The van der Waals surface area contributed by atoms with Gasteiger partial charge in [-0.25, -0.2) is 4.79 Å². The molecule has 174 valence electrons. The van der Waals surface area contributed by atoms with Gasteiger partial charge < -0.3 is 15.5 Å². The Morgan fingerprint density at radius 1 is 0.969 bits per heavy atom. The number of hydrogen-bond acceptors (Lipinski definition) is 4. The average molecular weight is 458 g/mol. The largest absolute Gasteiger partial charge is 0.507 e. The molecule has 0 spiro atoms. The molecule has 0 bridgehead atoms. The molecule has 2 rings (SSSR count). The monoisotopic (exact) mass is 457 g/mol. The summed E-state index contributed by atoms with van der Waals surface area (Å²) in [6.45, 7) is 12.6. The van der Waals surface area contributed by atoms with Crippen molar-refractivity contribution in [3.8, 4) is 5.75 Å². The number of rotatable bonds is 8. The lowest BCUT2D eigenvalue weighted by molar-refractivity contribution is -0.113. The Balaban J connectivity index is 1.94. The van der Waals surface area contributed by atoms with Crippen molar-refractivity contribution in [3.63, 3.8) is 0 Å². The van der Waals surface area contributed by atoms with Crippen molar-refractivity contribution in [1.29, 1.82) is 0 Å². The molecule has 0 saturated carbocycles. The summed E-state index contributed by atoms with van der Waals surface area (Å²) in [5.74, 6) is 0.195. The van der Waals surface area contributed by atoms with Crippen LogP contribution in [0.25, 0.3) is 0 Å². The van der Waals surface area contributed by atoms with E-state index in [1.807, 2.05) is 0 Å². The van der Waals surface area contributed by atoms with E-state index in [0.29, 0.717) is 11.4 Å². The number of aryl methyl sites for hydroxylation is 1. The molecule has 0 heterocycles. The number of para-hydroxylation sites is 1. The molecule has 2 aromatic carbocycles. The molecule has 0 aliphatic carbocycles. The fourth-order valence-corrected chi connectivity index (χ4v) is 4.24. The van der Waals surface area contributed by atoms with Crippen LogP contribution in [0.5, 0.6) is 5.75 Å². The van der Waals surface area contributed by atoms with Crippen LogP contribution < -0.4 is 5.32 Å². The molecule has 5 nitrogen and oxygen atoms in total. The third kappa shape index (κ3) is 7.02. The van der Waals surface area contributed by atoms with Crippen molar-refractivity contribution in [1.82, 2.24) is 0 Å². The minimum absolute atomic E-state index is 0.0856. The van der Waals surface area contributed by atoms with Crippen molar-refractivity contribution in [3.05, 3.63) is 58.7 Å². The van der Waals surface area contributed by atoms with Gasteiger partial charge in [-0.3, -0.25) is 4.79 Å².